The largest absolute Gasteiger partial charge is 0.346 e. The minimum absolute atomic E-state index is 0.0282. The maximum atomic E-state index is 12.1. The molecule has 0 saturated carbocycles. The molecule has 2 aromatic rings. The molecule has 19 heavy (non-hydrogen) atoms. The van der Waals surface area contributed by atoms with Gasteiger partial charge in [0.2, 0.25) is 0 Å². The number of rotatable bonds is 3. The van der Waals surface area contributed by atoms with Gasteiger partial charge >= 0.3 is 0 Å². The first-order chi connectivity index (χ1) is 9.06. The lowest BCUT2D eigenvalue weighted by molar-refractivity contribution is 0.0940. The van der Waals surface area contributed by atoms with Crippen molar-refractivity contribution >= 4 is 37.8 Å². The lowest BCUT2D eigenvalue weighted by Gasteiger charge is -2.14. The van der Waals surface area contributed by atoms with Crippen LogP contribution in [0.2, 0.25) is 0 Å². The number of hydrogen-bond donors (Lipinski definition) is 1. The van der Waals surface area contributed by atoms with E-state index in [1.807, 2.05) is 49.4 Å². The van der Waals surface area contributed by atoms with E-state index in [2.05, 4.69) is 37.2 Å². The molecule has 0 unspecified atom stereocenters. The molecular weight excluding hydrogens is 370 g/mol. The lowest BCUT2D eigenvalue weighted by Crippen LogP contribution is -2.26. The minimum Gasteiger partial charge on any atom is -0.346 e. The van der Waals surface area contributed by atoms with Crippen molar-refractivity contribution in [2.24, 2.45) is 0 Å². The number of halogens is 2. The molecule has 2 aromatic carbocycles. The van der Waals surface area contributed by atoms with Crippen molar-refractivity contribution in [2.75, 3.05) is 0 Å². The monoisotopic (exact) mass is 381 g/mol. The molecule has 1 amide bonds. The van der Waals surface area contributed by atoms with Gasteiger partial charge in [0, 0.05) is 14.5 Å². The van der Waals surface area contributed by atoms with Gasteiger partial charge in [0.05, 0.1) is 6.04 Å². The first kappa shape index (κ1) is 14.3. The molecule has 0 heterocycles. The molecule has 0 fully saturated rings. The average Bonchev–Trinajstić information content (AvgIpc) is 2.39. The first-order valence-corrected chi connectivity index (χ1v) is 7.47. The number of amides is 1. The van der Waals surface area contributed by atoms with Crippen molar-refractivity contribution in [3.05, 3.63) is 68.6 Å². The van der Waals surface area contributed by atoms with E-state index in [0.29, 0.717) is 5.56 Å². The molecule has 0 radical (unpaired) electrons. The van der Waals surface area contributed by atoms with Gasteiger partial charge in [-0.1, -0.05) is 50.1 Å². The van der Waals surface area contributed by atoms with E-state index in [-0.39, 0.29) is 11.9 Å². The molecule has 0 bridgehead atoms. The van der Waals surface area contributed by atoms with Gasteiger partial charge in [-0.25, -0.2) is 0 Å². The van der Waals surface area contributed by atoms with Gasteiger partial charge in [0.1, 0.15) is 0 Å². The van der Waals surface area contributed by atoms with Crippen LogP contribution >= 0.6 is 31.9 Å². The summed E-state index contributed by atoms with van der Waals surface area (Å²) >= 11 is 6.76. The van der Waals surface area contributed by atoms with Crippen LogP contribution in [0.5, 0.6) is 0 Å². The van der Waals surface area contributed by atoms with Crippen molar-refractivity contribution in [3.63, 3.8) is 0 Å². The summed E-state index contributed by atoms with van der Waals surface area (Å²) in [5, 5.41) is 2.98. The SMILES string of the molecule is C[C@@H](NC(=O)c1cccc(Br)c1)c1ccc(Br)cc1. The summed E-state index contributed by atoms with van der Waals surface area (Å²) in [5.74, 6) is -0.0725. The van der Waals surface area contributed by atoms with Crippen LogP contribution in [-0.2, 0) is 0 Å². The minimum atomic E-state index is -0.0725. The Bertz CT molecular complexity index is 581. The normalized spacial score (nSPS) is 11.9. The van der Waals surface area contributed by atoms with E-state index < -0.39 is 0 Å². The second-order valence-corrected chi connectivity index (χ2v) is 6.09. The second kappa shape index (κ2) is 6.35. The molecule has 98 valence electrons. The zero-order chi connectivity index (χ0) is 13.8. The lowest BCUT2D eigenvalue weighted by atomic mass is 10.1. The Morgan fingerprint density at radius 2 is 1.74 bits per heavy atom. The van der Waals surface area contributed by atoms with Crippen molar-refractivity contribution in [1.29, 1.82) is 0 Å². The van der Waals surface area contributed by atoms with Crippen LogP contribution in [0.4, 0.5) is 0 Å². The second-order valence-electron chi connectivity index (χ2n) is 4.26. The summed E-state index contributed by atoms with van der Waals surface area (Å²) in [6, 6.07) is 15.3. The zero-order valence-electron chi connectivity index (χ0n) is 10.4. The van der Waals surface area contributed by atoms with E-state index in [4.69, 9.17) is 0 Å². The molecule has 0 aromatic heterocycles. The third-order valence-electron chi connectivity index (χ3n) is 2.80. The van der Waals surface area contributed by atoms with Crippen LogP contribution < -0.4 is 5.32 Å². The van der Waals surface area contributed by atoms with Gasteiger partial charge in [-0.3, -0.25) is 4.79 Å². The Morgan fingerprint density at radius 3 is 2.37 bits per heavy atom. The van der Waals surface area contributed by atoms with Gasteiger partial charge < -0.3 is 5.32 Å². The van der Waals surface area contributed by atoms with E-state index in [1.165, 1.54) is 0 Å². The highest BCUT2D eigenvalue weighted by atomic mass is 79.9. The Morgan fingerprint density at radius 1 is 1.05 bits per heavy atom. The summed E-state index contributed by atoms with van der Waals surface area (Å²) in [4.78, 5) is 12.1. The van der Waals surface area contributed by atoms with Crippen LogP contribution in [0.15, 0.2) is 57.5 Å². The van der Waals surface area contributed by atoms with Crippen molar-refractivity contribution in [1.82, 2.24) is 5.32 Å². The number of nitrogens with one attached hydrogen (secondary N) is 1. The van der Waals surface area contributed by atoms with Crippen molar-refractivity contribution in [3.8, 4) is 0 Å². The maximum Gasteiger partial charge on any atom is 0.251 e. The molecule has 4 heteroatoms. The number of benzene rings is 2. The Kier molecular flexibility index (Phi) is 4.77. The smallest absolute Gasteiger partial charge is 0.251 e. The van der Waals surface area contributed by atoms with E-state index >= 15 is 0 Å². The number of hydrogen-bond acceptors (Lipinski definition) is 1. The maximum absolute atomic E-state index is 12.1. The van der Waals surface area contributed by atoms with Crippen LogP contribution in [0.25, 0.3) is 0 Å². The van der Waals surface area contributed by atoms with Crippen molar-refractivity contribution in [2.45, 2.75) is 13.0 Å². The molecule has 0 aliphatic carbocycles. The first-order valence-electron chi connectivity index (χ1n) is 5.88. The van der Waals surface area contributed by atoms with Crippen LogP contribution in [0, 0.1) is 0 Å². The summed E-state index contributed by atoms with van der Waals surface area (Å²) in [5.41, 5.74) is 1.73. The number of carbonyl (C=O) groups excluding carboxylic acids is 1. The standard InChI is InChI=1S/C15H13Br2NO/c1-10(11-5-7-13(16)8-6-11)18-15(19)12-3-2-4-14(17)9-12/h2-10H,1H3,(H,18,19)/t10-/m1/s1. The molecule has 0 aliphatic rings. The average molecular weight is 383 g/mol. The highest BCUT2D eigenvalue weighted by molar-refractivity contribution is 9.10. The van der Waals surface area contributed by atoms with Gasteiger partial charge in [-0.15, -0.1) is 0 Å². The fraction of sp³-hybridized carbons (Fsp3) is 0.133. The Balaban J connectivity index is 2.08. The van der Waals surface area contributed by atoms with Gasteiger partial charge in [-0.2, -0.15) is 0 Å². The molecule has 0 saturated heterocycles. The number of carbonyl (C=O) groups is 1. The zero-order valence-corrected chi connectivity index (χ0v) is 13.5. The van der Waals surface area contributed by atoms with Crippen molar-refractivity contribution < 1.29 is 4.79 Å². The van der Waals surface area contributed by atoms with E-state index in [0.717, 1.165) is 14.5 Å². The molecular formula is C15H13Br2NO. The summed E-state index contributed by atoms with van der Waals surface area (Å²) in [7, 11) is 0. The summed E-state index contributed by atoms with van der Waals surface area (Å²) in [6.45, 7) is 1.97. The highest BCUT2D eigenvalue weighted by Crippen LogP contribution is 2.17. The predicted octanol–water partition coefficient (Wildman–Crippen LogP) is 4.70. The third-order valence-corrected chi connectivity index (χ3v) is 3.83. The topological polar surface area (TPSA) is 29.1 Å². The van der Waals surface area contributed by atoms with E-state index in [1.54, 1.807) is 6.07 Å². The highest BCUT2D eigenvalue weighted by Gasteiger charge is 2.11. The Labute approximate surface area is 129 Å². The quantitative estimate of drug-likeness (QED) is 0.818. The van der Waals surface area contributed by atoms with Crippen LogP contribution in [0.3, 0.4) is 0 Å². The van der Waals surface area contributed by atoms with Gasteiger partial charge in [-0.05, 0) is 42.8 Å². The van der Waals surface area contributed by atoms with Crippen LogP contribution in [0.1, 0.15) is 28.9 Å². The third kappa shape index (κ3) is 3.91. The molecule has 2 rings (SSSR count). The summed E-state index contributed by atoms with van der Waals surface area (Å²) in [6.07, 6.45) is 0. The molecule has 2 nitrogen and oxygen atoms in total. The fourth-order valence-corrected chi connectivity index (χ4v) is 2.41. The predicted molar refractivity (Wildman–Crippen MR) is 84.2 cm³/mol. The fourth-order valence-electron chi connectivity index (χ4n) is 1.74. The van der Waals surface area contributed by atoms with Crippen LogP contribution in [-0.4, -0.2) is 5.91 Å². The Hall–Kier alpha value is -1.13. The molecule has 1 atom stereocenters. The van der Waals surface area contributed by atoms with Gasteiger partial charge in [0.25, 0.3) is 5.91 Å². The van der Waals surface area contributed by atoms with E-state index in [9.17, 15) is 4.79 Å². The molecule has 1 N–H and O–H groups in total. The summed E-state index contributed by atoms with van der Waals surface area (Å²) < 4.78 is 1.93. The van der Waals surface area contributed by atoms with Gasteiger partial charge in [0.15, 0.2) is 0 Å². The molecule has 0 spiro atoms. The molecule has 0 aliphatic heterocycles.